The van der Waals surface area contributed by atoms with Gasteiger partial charge in [-0.3, -0.25) is 4.79 Å². The Morgan fingerprint density at radius 1 is 1.06 bits per heavy atom. The molecule has 6 nitrogen and oxygen atoms in total. The van der Waals surface area contributed by atoms with Crippen LogP contribution >= 0.6 is 23.2 Å². The molecule has 1 unspecified atom stereocenters. The number of amides is 1. The maximum absolute atomic E-state index is 12.6. The summed E-state index contributed by atoms with van der Waals surface area (Å²) >= 11 is 12.2. The fourth-order valence-electron chi connectivity index (χ4n) is 3.14. The van der Waals surface area contributed by atoms with Crippen LogP contribution in [-0.2, 0) is 9.53 Å². The van der Waals surface area contributed by atoms with Gasteiger partial charge in [-0.25, -0.2) is 9.78 Å². The molecular formula is C25H23Cl2N3O3. The highest BCUT2D eigenvalue weighted by atomic mass is 35.5. The maximum Gasteiger partial charge on any atom is 0.328 e. The minimum atomic E-state index is -0.888. The number of anilines is 2. The lowest BCUT2D eigenvalue weighted by Crippen LogP contribution is -2.41. The minimum Gasteiger partial charge on any atom is -0.467 e. The molecule has 1 atom stereocenters. The number of carbonyl (C=O) groups excluding carboxylic acids is 2. The molecule has 2 aromatic carbocycles. The van der Waals surface area contributed by atoms with Crippen molar-refractivity contribution in [3.05, 3.63) is 94.1 Å². The second-order valence-corrected chi connectivity index (χ2v) is 7.94. The molecule has 3 aromatic rings. The van der Waals surface area contributed by atoms with Gasteiger partial charge in [-0.05, 0) is 48.4 Å². The Labute approximate surface area is 202 Å². The first-order valence-electron chi connectivity index (χ1n) is 10.1. The number of methoxy groups -OCH3 is 1. The van der Waals surface area contributed by atoms with E-state index in [0.717, 1.165) is 17.1 Å². The molecule has 3 rings (SSSR count). The normalized spacial score (nSPS) is 11.8. The van der Waals surface area contributed by atoms with E-state index >= 15 is 0 Å². The largest absolute Gasteiger partial charge is 0.467 e. The van der Waals surface area contributed by atoms with Crippen molar-refractivity contribution in [3.63, 3.8) is 0 Å². The lowest BCUT2D eigenvalue weighted by Gasteiger charge is -2.18. The van der Waals surface area contributed by atoms with Gasteiger partial charge in [0.1, 0.15) is 11.9 Å². The molecule has 1 amide bonds. The summed E-state index contributed by atoms with van der Waals surface area (Å²) in [7, 11) is 3.21. The van der Waals surface area contributed by atoms with Crippen LogP contribution in [0.5, 0.6) is 0 Å². The number of benzene rings is 2. The first-order chi connectivity index (χ1) is 15.9. The van der Waals surface area contributed by atoms with Crippen molar-refractivity contribution in [1.82, 2.24) is 10.3 Å². The quantitative estimate of drug-likeness (QED) is 0.426. The summed E-state index contributed by atoms with van der Waals surface area (Å²) in [6.07, 6.45) is 5.65. The number of nitrogens with zero attached hydrogens (tertiary/aromatic N) is 2. The van der Waals surface area contributed by atoms with Gasteiger partial charge in [0, 0.05) is 18.9 Å². The third kappa shape index (κ3) is 6.34. The van der Waals surface area contributed by atoms with Crippen LogP contribution in [0.2, 0.25) is 10.0 Å². The second-order valence-electron chi connectivity index (χ2n) is 7.12. The molecular weight excluding hydrogens is 461 g/mol. The van der Waals surface area contributed by atoms with Crippen molar-refractivity contribution in [2.45, 2.75) is 12.5 Å². The van der Waals surface area contributed by atoms with E-state index in [1.165, 1.54) is 7.11 Å². The molecule has 1 heterocycles. The fourth-order valence-corrected chi connectivity index (χ4v) is 3.70. The van der Waals surface area contributed by atoms with Gasteiger partial charge in [0.05, 0.1) is 22.7 Å². The van der Waals surface area contributed by atoms with E-state index in [9.17, 15) is 9.59 Å². The number of hydrogen-bond donors (Lipinski definition) is 1. The zero-order valence-corrected chi connectivity index (χ0v) is 19.7. The summed E-state index contributed by atoms with van der Waals surface area (Å²) in [6, 6.07) is 17.5. The van der Waals surface area contributed by atoms with Gasteiger partial charge in [-0.15, -0.1) is 0 Å². The van der Waals surface area contributed by atoms with E-state index in [-0.39, 0.29) is 22.0 Å². The minimum absolute atomic E-state index is 0.117. The molecule has 33 heavy (non-hydrogen) atoms. The van der Waals surface area contributed by atoms with Crippen LogP contribution < -0.4 is 10.2 Å². The number of ether oxygens (including phenoxy) is 1. The van der Waals surface area contributed by atoms with Crippen molar-refractivity contribution < 1.29 is 14.3 Å². The van der Waals surface area contributed by atoms with Crippen LogP contribution in [0.15, 0.2) is 72.9 Å². The average molecular weight is 484 g/mol. The number of esters is 1. The summed E-state index contributed by atoms with van der Waals surface area (Å²) in [5.41, 5.74) is 2.05. The lowest BCUT2D eigenvalue weighted by atomic mass is 10.1. The summed E-state index contributed by atoms with van der Waals surface area (Å²) in [4.78, 5) is 31.2. The second kappa shape index (κ2) is 11.5. The van der Waals surface area contributed by atoms with Gasteiger partial charge in [-0.2, -0.15) is 0 Å². The Balaban J connectivity index is 1.66. The van der Waals surface area contributed by atoms with Gasteiger partial charge in [0.2, 0.25) is 0 Å². The summed E-state index contributed by atoms with van der Waals surface area (Å²) in [6.45, 7) is 0. The topological polar surface area (TPSA) is 71.5 Å². The summed E-state index contributed by atoms with van der Waals surface area (Å²) in [5.74, 6) is -0.268. The monoisotopic (exact) mass is 483 g/mol. The molecule has 0 radical (unpaired) electrons. The molecule has 1 aromatic heterocycles. The number of halogens is 2. The van der Waals surface area contributed by atoms with Crippen molar-refractivity contribution >= 4 is 52.7 Å². The predicted octanol–water partition coefficient (Wildman–Crippen LogP) is 5.53. The predicted molar refractivity (Wildman–Crippen MR) is 132 cm³/mol. The zero-order chi connectivity index (χ0) is 23.8. The van der Waals surface area contributed by atoms with Crippen molar-refractivity contribution in [2.75, 3.05) is 19.1 Å². The van der Waals surface area contributed by atoms with Crippen molar-refractivity contribution in [1.29, 1.82) is 0 Å². The third-order valence-corrected chi connectivity index (χ3v) is 5.57. The Kier molecular flexibility index (Phi) is 8.46. The smallest absolute Gasteiger partial charge is 0.328 e. The lowest BCUT2D eigenvalue weighted by molar-refractivity contribution is -0.142. The van der Waals surface area contributed by atoms with Crippen LogP contribution in [0.25, 0.3) is 6.08 Å². The number of rotatable bonds is 8. The number of pyridine rings is 1. The summed E-state index contributed by atoms with van der Waals surface area (Å²) in [5, 5.41) is 3.05. The van der Waals surface area contributed by atoms with Gasteiger partial charge in [-0.1, -0.05) is 59.6 Å². The highest BCUT2D eigenvalue weighted by Crippen LogP contribution is 2.24. The Hall–Kier alpha value is -3.35. The molecule has 0 spiro atoms. The average Bonchev–Trinajstić information content (AvgIpc) is 2.83. The number of aromatic nitrogens is 1. The Morgan fingerprint density at radius 3 is 2.36 bits per heavy atom. The van der Waals surface area contributed by atoms with Crippen LogP contribution in [0.3, 0.4) is 0 Å². The van der Waals surface area contributed by atoms with Gasteiger partial charge >= 0.3 is 5.97 Å². The zero-order valence-electron chi connectivity index (χ0n) is 18.2. The molecule has 1 N–H and O–H groups in total. The highest BCUT2D eigenvalue weighted by molar-refractivity contribution is 6.39. The van der Waals surface area contributed by atoms with Gasteiger partial charge in [0.15, 0.2) is 0 Å². The van der Waals surface area contributed by atoms with E-state index < -0.39 is 17.9 Å². The Morgan fingerprint density at radius 2 is 1.76 bits per heavy atom. The van der Waals surface area contributed by atoms with E-state index in [4.69, 9.17) is 27.9 Å². The number of hydrogen-bond acceptors (Lipinski definition) is 5. The van der Waals surface area contributed by atoms with E-state index in [2.05, 4.69) is 10.3 Å². The molecule has 8 heteroatoms. The standard InChI is InChI=1S/C25H23Cl2N3O3/c1-30(22-11-3-4-16-28-22)18-14-12-17(13-15-18)7-5-10-21(25(32)33-2)29-24(31)23-19(26)8-6-9-20(23)27/h3-9,11-16,21H,10H2,1-2H3,(H,29,31)/b7-5+. The summed E-state index contributed by atoms with van der Waals surface area (Å²) < 4.78 is 4.83. The van der Waals surface area contributed by atoms with E-state index in [0.29, 0.717) is 0 Å². The van der Waals surface area contributed by atoms with Crippen LogP contribution in [0.1, 0.15) is 22.3 Å². The first-order valence-corrected chi connectivity index (χ1v) is 10.9. The van der Waals surface area contributed by atoms with Crippen molar-refractivity contribution in [3.8, 4) is 0 Å². The molecule has 0 aliphatic rings. The highest BCUT2D eigenvalue weighted by Gasteiger charge is 2.23. The molecule has 170 valence electrons. The molecule has 0 aliphatic carbocycles. The molecule has 0 saturated heterocycles. The fraction of sp³-hybridized carbons (Fsp3) is 0.160. The molecule has 0 bridgehead atoms. The Bertz CT molecular complexity index is 1120. The number of carbonyl (C=O) groups is 2. The van der Waals surface area contributed by atoms with Gasteiger partial charge < -0.3 is 15.0 Å². The SMILES string of the molecule is COC(=O)C(C/C=C/c1ccc(N(C)c2ccccn2)cc1)NC(=O)c1c(Cl)cccc1Cl. The van der Waals surface area contributed by atoms with Crippen LogP contribution in [-0.4, -0.2) is 37.1 Å². The van der Waals surface area contributed by atoms with Crippen molar-refractivity contribution in [2.24, 2.45) is 0 Å². The molecule has 0 saturated carbocycles. The van der Waals surface area contributed by atoms with Crippen LogP contribution in [0, 0.1) is 0 Å². The van der Waals surface area contributed by atoms with Crippen LogP contribution in [0.4, 0.5) is 11.5 Å². The van der Waals surface area contributed by atoms with E-state index in [1.54, 1.807) is 30.5 Å². The third-order valence-electron chi connectivity index (χ3n) is 4.94. The van der Waals surface area contributed by atoms with Gasteiger partial charge in [0.25, 0.3) is 5.91 Å². The van der Waals surface area contributed by atoms with E-state index in [1.807, 2.05) is 60.5 Å². The first kappa shape index (κ1) is 24.3. The molecule has 0 fully saturated rings. The molecule has 0 aliphatic heterocycles. The number of nitrogens with one attached hydrogen (secondary N) is 1. The maximum atomic E-state index is 12.6.